The Kier molecular flexibility index (Phi) is 4.80. The van der Waals surface area contributed by atoms with Gasteiger partial charge < -0.3 is 10.4 Å². The molecule has 3 rings (SSSR count). The third-order valence-corrected chi connectivity index (χ3v) is 4.04. The molecule has 0 saturated heterocycles. The molecule has 0 aliphatic carbocycles. The van der Waals surface area contributed by atoms with Crippen LogP contribution in [0, 0.1) is 0 Å². The Morgan fingerprint density at radius 3 is 2.87 bits per heavy atom. The maximum Gasteiger partial charge on any atom is 0.273 e. The number of hydrogen-bond donors (Lipinski definition) is 2. The minimum absolute atomic E-state index is 0.140. The van der Waals surface area contributed by atoms with E-state index >= 15 is 0 Å². The molecule has 0 fully saturated rings. The summed E-state index contributed by atoms with van der Waals surface area (Å²) in [5, 5.41) is 24.2. The van der Waals surface area contributed by atoms with Crippen molar-refractivity contribution in [3.63, 3.8) is 0 Å². The summed E-state index contributed by atoms with van der Waals surface area (Å²) >= 11 is 1.50. The quantitative estimate of drug-likeness (QED) is 0.724. The van der Waals surface area contributed by atoms with E-state index in [0.717, 1.165) is 11.1 Å². The molecule has 2 N–H and O–H groups in total. The molecular weight excluding hydrogens is 312 g/mol. The van der Waals surface area contributed by atoms with Crippen LogP contribution in [0.15, 0.2) is 53.4 Å². The van der Waals surface area contributed by atoms with Crippen LogP contribution in [0.3, 0.4) is 0 Å². The Balaban J connectivity index is 1.56. The monoisotopic (exact) mass is 328 g/mol. The largest absolute Gasteiger partial charge is 0.387 e. The topological polar surface area (TPSA) is 80.0 Å². The molecule has 0 aliphatic rings. The number of aromatic nitrogens is 3. The minimum atomic E-state index is -0.718. The number of hydrogen-bond acceptors (Lipinski definition) is 5. The van der Waals surface area contributed by atoms with Gasteiger partial charge in [-0.1, -0.05) is 35.5 Å². The van der Waals surface area contributed by atoms with Gasteiger partial charge in [-0.15, -0.1) is 5.10 Å². The molecular formula is C16H16N4O2S. The third-order valence-electron chi connectivity index (χ3n) is 3.34. The second-order valence-corrected chi connectivity index (χ2v) is 5.85. The number of thiophene rings is 1. The maximum atomic E-state index is 12.0. The molecule has 2 heterocycles. The fraction of sp³-hybridized carbons (Fsp3) is 0.188. The summed E-state index contributed by atoms with van der Waals surface area (Å²) in [6.45, 7) is 0.694. The Labute approximate surface area is 137 Å². The van der Waals surface area contributed by atoms with Crippen molar-refractivity contribution in [2.45, 2.75) is 12.6 Å². The Morgan fingerprint density at radius 1 is 1.30 bits per heavy atom. The van der Waals surface area contributed by atoms with Crippen molar-refractivity contribution in [3.8, 4) is 0 Å². The smallest absolute Gasteiger partial charge is 0.273 e. The number of aliphatic hydroxyl groups is 1. The van der Waals surface area contributed by atoms with Gasteiger partial charge in [-0.05, 0) is 28.0 Å². The summed E-state index contributed by atoms with van der Waals surface area (Å²) < 4.78 is 1.61. The maximum absolute atomic E-state index is 12.0. The Morgan fingerprint density at radius 2 is 2.13 bits per heavy atom. The van der Waals surface area contributed by atoms with E-state index < -0.39 is 6.10 Å². The van der Waals surface area contributed by atoms with Crippen molar-refractivity contribution in [1.29, 1.82) is 0 Å². The van der Waals surface area contributed by atoms with Gasteiger partial charge in [-0.25, -0.2) is 4.68 Å². The average Bonchev–Trinajstić information content (AvgIpc) is 3.25. The molecule has 1 atom stereocenters. The molecule has 0 aliphatic heterocycles. The first-order valence-corrected chi connectivity index (χ1v) is 8.09. The molecule has 3 aromatic rings. The molecule has 0 spiro atoms. The number of carbonyl (C=O) groups excluding carboxylic acids is 1. The number of aliphatic hydroxyl groups excluding tert-OH is 1. The zero-order valence-corrected chi connectivity index (χ0v) is 13.1. The lowest BCUT2D eigenvalue weighted by atomic mass is 10.2. The molecule has 6 nitrogen and oxygen atoms in total. The zero-order chi connectivity index (χ0) is 16.1. The highest BCUT2D eigenvalue weighted by Crippen LogP contribution is 2.15. The average molecular weight is 328 g/mol. The number of rotatable bonds is 6. The van der Waals surface area contributed by atoms with E-state index in [1.165, 1.54) is 11.3 Å². The Bertz CT molecular complexity index is 756. The normalized spacial score (nSPS) is 12.0. The summed E-state index contributed by atoms with van der Waals surface area (Å²) in [6.07, 6.45) is 0.879. The standard InChI is InChI=1S/C16H16N4O2S/c21-15(13-6-7-23-11-13)8-17-16(22)14-10-20(19-18-14)9-12-4-2-1-3-5-12/h1-7,10-11,15,21H,8-9H2,(H,17,22). The van der Waals surface area contributed by atoms with Gasteiger partial charge in [0.05, 0.1) is 18.8 Å². The molecule has 0 saturated carbocycles. The summed E-state index contributed by atoms with van der Waals surface area (Å²) in [7, 11) is 0. The lowest BCUT2D eigenvalue weighted by Gasteiger charge is -2.09. The van der Waals surface area contributed by atoms with E-state index in [9.17, 15) is 9.90 Å². The van der Waals surface area contributed by atoms with Crippen molar-refractivity contribution in [1.82, 2.24) is 20.3 Å². The van der Waals surface area contributed by atoms with E-state index in [-0.39, 0.29) is 18.1 Å². The number of nitrogens with one attached hydrogen (secondary N) is 1. The van der Waals surface area contributed by atoms with Crippen molar-refractivity contribution < 1.29 is 9.90 Å². The molecule has 1 aromatic carbocycles. The van der Waals surface area contributed by atoms with Crippen LogP contribution < -0.4 is 5.32 Å². The molecule has 1 unspecified atom stereocenters. The highest BCUT2D eigenvalue weighted by Gasteiger charge is 2.14. The minimum Gasteiger partial charge on any atom is -0.387 e. The molecule has 118 valence electrons. The molecule has 0 bridgehead atoms. The van der Waals surface area contributed by atoms with E-state index in [2.05, 4.69) is 15.6 Å². The molecule has 7 heteroatoms. The fourth-order valence-electron chi connectivity index (χ4n) is 2.11. The predicted octanol–water partition coefficient (Wildman–Crippen LogP) is 1.85. The van der Waals surface area contributed by atoms with Gasteiger partial charge in [0.25, 0.3) is 5.91 Å². The van der Waals surface area contributed by atoms with E-state index in [1.54, 1.807) is 10.9 Å². The third kappa shape index (κ3) is 4.02. The number of nitrogens with zero attached hydrogens (tertiary/aromatic N) is 3. The van der Waals surface area contributed by atoms with Gasteiger partial charge in [0.2, 0.25) is 0 Å². The first kappa shape index (κ1) is 15.4. The van der Waals surface area contributed by atoms with Crippen LogP contribution in [0.5, 0.6) is 0 Å². The van der Waals surface area contributed by atoms with Gasteiger partial charge in [0, 0.05) is 6.54 Å². The first-order chi connectivity index (χ1) is 11.2. The van der Waals surface area contributed by atoms with Crippen molar-refractivity contribution in [2.75, 3.05) is 6.54 Å². The second-order valence-electron chi connectivity index (χ2n) is 5.07. The summed E-state index contributed by atoms with van der Waals surface area (Å²) in [5.74, 6) is -0.349. The van der Waals surface area contributed by atoms with Crippen molar-refractivity contribution in [3.05, 3.63) is 70.2 Å². The predicted molar refractivity (Wildman–Crippen MR) is 87.2 cm³/mol. The number of amides is 1. The first-order valence-electron chi connectivity index (χ1n) is 7.15. The van der Waals surface area contributed by atoms with Crippen LogP contribution in [0.25, 0.3) is 0 Å². The van der Waals surface area contributed by atoms with Crippen LogP contribution in [-0.4, -0.2) is 32.6 Å². The fourth-order valence-corrected chi connectivity index (χ4v) is 2.82. The Hall–Kier alpha value is -2.51. The summed E-state index contributed by atoms with van der Waals surface area (Å²) in [4.78, 5) is 12.0. The molecule has 1 amide bonds. The van der Waals surface area contributed by atoms with Gasteiger partial charge in [-0.2, -0.15) is 11.3 Å². The highest BCUT2D eigenvalue weighted by atomic mass is 32.1. The summed E-state index contributed by atoms with van der Waals surface area (Å²) in [5.41, 5.74) is 2.11. The van der Waals surface area contributed by atoms with Gasteiger partial charge in [0.15, 0.2) is 5.69 Å². The van der Waals surface area contributed by atoms with Crippen LogP contribution >= 0.6 is 11.3 Å². The highest BCUT2D eigenvalue weighted by molar-refractivity contribution is 7.07. The molecule has 23 heavy (non-hydrogen) atoms. The number of carbonyl (C=O) groups is 1. The van der Waals surface area contributed by atoms with E-state index in [1.807, 2.05) is 47.2 Å². The molecule has 2 aromatic heterocycles. The zero-order valence-electron chi connectivity index (χ0n) is 12.3. The lowest BCUT2D eigenvalue weighted by molar-refractivity contribution is 0.0911. The van der Waals surface area contributed by atoms with Crippen molar-refractivity contribution in [2.24, 2.45) is 0 Å². The van der Waals surface area contributed by atoms with Crippen LogP contribution in [-0.2, 0) is 6.54 Å². The summed E-state index contributed by atoms with van der Waals surface area (Å²) in [6, 6.07) is 11.6. The van der Waals surface area contributed by atoms with Gasteiger partial charge in [0.1, 0.15) is 0 Å². The van der Waals surface area contributed by atoms with Crippen LogP contribution in [0.4, 0.5) is 0 Å². The van der Waals surface area contributed by atoms with E-state index in [0.29, 0.717) is 6.54 Å². The number of benzene rings is 1. The van der Waals surface area contributed by atoms with Crippen LogP contribution in [0.1, 0.15) is 27.7 Å². The second kappa shape index (κ2) is 7.17. The lowest BCUT2D eigenvalue weighted by Crippen LogP contribution is -2.28. The van der Waals surface area contributed by atoms with Crippen LogP contribution in [0.2, 0.25) is 0 Å². The molecule has 0 radical (unpaired) electrons. The van der Waals surface area contributed by atoms with E-state index in [4.69, 9.17) is 0 Å². The van der Waals surface area contributed by atoms with Crippen molar-refractivity contribution >= 4 is 17.2 Å². The SMILES string of the molecule is O=C(NCC(O)c1ccsc1)c1cn(Cc2ccccc2)nn1. The van der Waals surface area contributed by atoms with Gasteiger partial charge >= 0.3 is 0 Å². The van der Waals surface area contributed by atoms with Gasteiger partial charge in [-0.3, -0.25) is 4.79 Å².